The number of hydrogen-bond acceptors (Lipinski definition) is 6. The smallest absolute Gasteiger partial charge is 0.272 e. The summed E-state index contributed by atoms with van der Waals surface area (Å²) in [5.41, 5.74) is 2.97. The number of benzene rings is 2. The van der Waals surface area contributed by atoms with Gasteiger partial charge in [-0.3, -0.25) is 15.5 Å². The zero-order chi connectivity index (χ0) is 15.9. The third kappa shape index (κ3) is 3.89. The summed E-state index contributed by atoms with van der Waals surface area (Å²) < 4.78 is 0. The molecule has 2 aromatic carbocycles. The third-order valence-corrected chi connectivity index (χ3v) is 2.88. The number of para-hydroxylation sites is 2. The van der Waals surface area contributed by atoms with Gasteiger partial charge < -0.3 is 9.90 Å². The maximum Gasteiger partial charge on any atom is 0.272 e. The molecule has 2 rings (SSSR count). The molecule has 0 amide bonds. The van der Waals surface area contributed by atoms with Crippen LogP contribution in [0.5, 0.6) is 0 Å². The first kappa shape index (κ1) is 15.2. The van der Waals surface area contributed by atoms with E-state index in [1.54, 1.807) is 30.3 Å². The highest BCUT2D eigenvalue weighted by atomic mass is 16.6. The SMILES string of the molecule is O=C([O-])/C(Cc1ccccc1[N+](=O)[O-])=N/Nc1ccccc1. The minimum atomic E-state index is -1.48. The Morgan fingerprint density at radius 1 is 1.09 bits per heavy atom. The molecule has 7 nitrogen and oxygen atoms in total. The Bertz CT molecular complexity index is 714. The van der Waals surface area contributed by atoms with E-state index in [1.807, 2.05) is 6.07 Å². The van der Waals surface area contributed by atoms with E-state index in [2.05, 4.69) is 10.5 Å². The quantitative estimate of drug-likeness (QED) is 0.492. The van der Waals surface area contributed by atoms with Crippen LogP contribution in [0, 0.1) is 10.1 Å². The number of hydrogen-bond donors (Lipinski definition) is 1. The second-order valence-corrected chi connectivity index (χ2v) is 4.39. The number of carbonyl (C=O) groups excluding carboxylic acids is 1. The number of hydrazone groups is 1. The fourth-order valence-corrected chi connectivity index (χ4v) is 1.82. The molecule has 0 fully saturated rings. The Balaban J connectivity index is 2.23. The summed E-state index contributed by atoms with van der Waals surface area (Å²) in [6.07, 6.45) is -0.209. The van der Waals surface area contributed by atoms with Crippen LogP contribution < -0.4 is 10.5 Å². The maximum atomic E-state index is 11.2. The highest BCUT2D eigenvalue weighted by Crippen LogP contribution is 2.18. The summed E-state index contributed by atoms with van der Waals surface area (Å²) >= 11 is 0. The zero-order valence-corrected chi connectivity index (χ0v) is 11.4. The van der Waals surface area contributed by atoms with Gasteiger partial charge in [0.2, 0.25) is 0 Å². The lowest BCUT2D eigenvalue weighted by molar-refractivity contribution is -0.385. The van der Waals surface area contributed by atoms with Crippen LogP contribution in [0.4, 0.5) is 11.4 Å². The Labute approximate surface area is 126 Å². The van der Waals surface area contributed by atoms with Crippen LogP contribution in [-0.4, -0.2) is 16.6 Å². The van der Waals surface area contributed by atoms with Crippen LogP contribution in [0.3, 0.4) is 0 Å². The monoisotopic (exact) mass is 298 g/mol. The van der Waals surface area contributed by atoms with Gasteiger partial charge in [0.05, 0.1) is 22.3 Å². The number of nitrogens with zero attached hydrogens (tertiary/aromatic N) is 2. The van der Waals surface area contributed by atoms with Gasteiger partial charge in [0.15, 0.2) is 0 Å². The number of nitro groups is 1. The Kier molecular flexibility index (Phi) is 4.81. The summed E-state index contributed by atoms with van der Waals surface area (Å²) in [5.74, 6) is -1.48. The van der Waals surface area contributed by atoms with Crippen LogP contribution in [0.1, 0.15) is 5.56 Å². The van der Waals surface area contributed by atoms with Crippen LogP contribution in [-0.2, 0) is 11.2 Å². The van der Waals surface area contributed by atoms with Gasteiger partial charge in [-0.15, -0.1) is 0 Å². The van der Waals surface area contributed by atoms with E-state index in [4.69, 9.17) is 0 Å². The molecule has 0 saturated heterocycles. The molecular formula is C15H12N3O4-. The number of nitrogens with one attached hydrogen (secondary N) is 1. The van der Waals surface area contributed by atoms with Gasteiger partial charge in [0.25, 0.3) is 5.69 Å². The first-order valence-electron chi connectivity index (χ1n) is 6.39. The highest BCUT2D eigenvalue weighted by Gasteiger charge is 2.15. The first-order valence-corrected chi connectivity index (χ1v) is 6.39. The summed E-state index contributed by atoms with van der Waals surface area (Å²) in [6, 6.07) is 14.7. The molecule has 0 bridgehead atoms. The number of anilines is 1. The van der Waals surface area contributed by atoms with Crippen molar-refractivity contribution in [2.75, 3.05) is 5.43 Å². The molecule has 0 aliphatic heterocycles. The predicted molar refractivity (Wildman–Crippen MR) is 79.3 cm³/mol. The number of carbonyl (C=O) groups is 1. The maximum absolute atomic E-state index is 11.2. The molecule has 2 aromatic rings. The molecule has 0 heterocycles. The van der Waals surface area contributed by atoms with E-state index in [9.17, 15) is 20.0 Å². The van der Waals surface area contributed by atoms with E-state index in [1.165, 1.54) is 18.2 Å². The van der Waals surface area contributed by atoms with Gasteiger partial charge in [-0.2, -0.15) is 5.10 Å². The molecule has 0 aliphatic rings. The van der Waals surface area contributed by atoms with E-state index in [-0.39, 0.29) is 23.4 Å². The summed E-state index contributed by atoms with van der Waals surface area (Å²) in [6.45, 7) is 0. The van der Waals surface area contributed by atoms with Crippen molar-refractivity contribution < 1.29 is 14.8 Å². The van der Waals surface area contributed by atoms with Gasteiger partial charge in [-0.1, -0.05) is 36.4 Å². The number of rotatable bonds is 6. The minimum Gasteiger partial charge on any atom is -0.543 e. The van der Waals surface area contributed by atoms with Crippen molar-refractivity contribution >= 4 is 23.1 Å². The van der Waals surface area contributed by atoms with Gasteiger partial charge in [0, 0.05) is 18.1 Å². The van der Waals surface area contributed by atoms with E-state index in [0.717, 1.165) is 0 Å². The zero-order valence-electron chi connectivity index (χ0n) is 11.4. The molecule has 112 valence electrons. The van der Waals surface area contributed by atoms with E-state index in [0.29, 0.717) is 5.69 Å². The van der Waals surface area contributed by atoms with Crippen molar-refractivity contribution in [2.45, 2.75) is 6.42 Å². The number of aliphatic carboxylic acids is 1. The average Bonchev–Trinajstić information content (AvgIpc) is 2.52. The number of nitro benzene ring substituents is 1. The fraction of sp³-hybridized carbons (Fsp3) is 0.0667. The Morgan fingerprint density at radius 3 is 2.36 bits per heavy atom. The molecule has 0 atom stereocenters. The summed E-state index contributed by atoms with van der Waals surface area (Å²) in [4.78, 5) is 21.5. The fourth-order valence-electron chi connectivity index (χ4n) is 1.82. The van der Waals surface area contributed by atoms with Crippen LogP contribution in [0.25, 0.3) is 0 Å². The lowest BCUT2D eigenvalue weighted by Gasteiger charge is -2.09. The van der Waals surface area contributed by atoms with Crippen LogP contribution in [0.15, 0.2) is 59.7 Å². The largest absolute Gasteiger partial charge is 0.543 e. The van der Waals surface area contributed by atoms with Crippen LogP contribution in [0.2, 0.25) is 0 Å². The van der Waals surface area contributed by atoms with Gasteiger partial charge in [0.1, 0.15) is 0 Å². The van der Waals surface area contributed by atoms with Crippen molar-refractivity contribution in [3.05, 3.63) is 70.3 Å². The summed E-state index contributed by atoms with van der Waals surface area (Å²) in [5, 5.41) is 25.9. The molecule has 0 saturated carbocycles. The average molecular weight is 298 g/mol. The highest BCUT2D eigenvalue weighted by molar-refractivity contribution is 6.35. The molecular weight excluding hydrogens is 286 g/mol. The first-order chi connectivity index (χ1) is 10.6. The molecule has 7 heteroatoms. The minimum absolute atomic E-state index is 0.156. The molecule has 0 radical (unpaired) electrons. The molecule has 22 heavy (non-hydrogen) atoms. The van der Waals surface area contributed by atoms with Crippen molar-refractivity contribution in [3.8, 4) is 0 Å². The number of carboxylic acid groups (broad SMARTS) is 1. The van der Waals surface area contributed by atoms with Gasteiger partial charge >= 0.3 is 0 Å². The Hall–Kier alpha value is -3.22. The standard InChI is InChI=1S/C15H13N3O4/c19-15(20)13(17-16-12-7-2-1-3-8-12)10-11-6-4-5-9-14(11)18(21)22/h1-9,16H,10H2,(H,19,20)/p-1/b17-13+. The Morgan fingerprint density at radius 2 is 1.73 bits per heavy atom. The van der Waals surface area contributed by atoms with Gasteiger partial charge in [-0.05, 0) is 12.1 Å². The lowest BCUT2D eigenvalue weighted by atomic mass is 10.1. The van der Waals surface area contributed by atoms with Crippen molar-refractivity contribution in [3.63, 3.8) is 0 Å². The van der Waals surface area contributed by atoms with Crippen molar-refractivity contribution in [1.82, 2.24) is 0 Å². The van der Waals surface area contributed by atoms with Gasteiger partial charge in [-0.25, -0.2) is 0 Å². The predicted octanol–water partition coefficient (Wildman–Crippen LogP) is 1.36. The topological polar surface area (TPSA) is 108 Å². The third-order valence-electron chi connectivity index (χ3n) is 2.88. The molecule has 1 N–H and O–H groups in total. The molecule has 0 spiro atoms. The second kappa shape index (κ2) is 6.98. The lowest BCUT2D eigenvalue weighted by Crippen LogP contribution is -2.33. The molecule has 0 aromatic heterocycles. The second-order valence-electron chi connectivity index (χ2n) is 4.39. The normalized spacial score (nSPS) is 11.0. The summed E-state index contributed by atoms with van der Waals surface area (Å²) in [7, 11) is 0. The van der Waals surface area contributed by atoms with E-state index >= 15 is 0 Å². The van der Waals surface area contributed by atoms with Crippen molar-refractivity contribution in [2.24, 2.45) is 5.10 Å². The number of carboxylic acids is 1. The van der Waals surface area contributed by atoms with E-state index < -0.39 is 10.9 Å². The van der Waals surface area contributed by atoms with Crippen LogP contribution >= 0.6 is 0 Å². The molecule has 0 unspecified atom stereocenters. The van der Waals surface area contributed by atoms with Crippen molar-refractivity contribution in [1.29, 1.82) is 0 Å². The molecule has 0 aliphatic carbocycles.